The highest BCUT2D eigenvalue weighted by atomic mass is 16.4. The van der Waals surface area contributed by atoms with E-state index >= 15 is 0 Å². The van der Waals surface area contributed by atoms with E-state index in [4.69, 9.17) is 10.6 Å². The first-order chi connectivity index (χ1) is 7.57. The first-order valence-electron chi connectivity index (χ1n) is 4.52. The van der Waals surface area contributed by atoms with E-state index in [1.165, 1.54) is 4.68 Å². The van der Waals surface area contributed by atoms with Gasteiger partial charge >= 0.3 is 5.97 Å². The van der Waals surface area contributed by atoms with Crippen LogP contribution < -0.4 is 0 Å². The Morgan fingerprint density at radius 2 is 2.44 bits per heavy atom. The van der Waals surface area contributed by atoms with Crippen LogP contribution in [-0.4, -0.2) is 27.4 Å². The summed E-state index contributed by atoms with van der Waals surface area (Å²) in [4.78, 5) is 13.6. The number of hydrogen-bond donors (Lipinski definition) is 1. The van der Waals surface area contributed by atoms with Crippen molar-refractivity contribution in [1.82, 2.24) is 9.78 Å². The van der Waals surface area contributed by atoms with Crippen LogP contribution in [0, 0.1) is 6.92 Å². The molecule has 0 unspecified atom stereocenters. The minimum Gasteiger partial charge on any atom is -0.477 e. The minimum atomic E-state index is -1.04. The van der Waals surface area contributed by atoms with E-state index < -0.39 is 5.97 Å². The molecule has 7 nitrogen and oxygen atoms in total. The summed E-state index contributed by atoms with van der Waals surface area (Å²) in [5.41, 5.74) is 9.35. The van der Waals surface area contributed by atoms with Crippen molar-refractivity contribution in [3.63, 3.8) is 0 Å². The van der Waals surface area contributed by atoms with Crippen molar-refractivity contribution in [2.75, 3.05) is 6.54 Å². The summed E-state index contributed by atoms with van der Waals surface area (Å²) in [5.74, 6) is -1.04. The van der Waals surface area contributed by atoms with Crippen LogP contribution in [0.2, 0.25) is 0 Å². The Labute approximate surface area is 91.6 Å². The third-order valence-electron chi connectivity index (χ3n) is 2.01. The summed E-state index contributed by atoms with van der Waals surface area (Å²) < 4.78 is 1.31. The minimum absolute atomic E-state index is 0.120. The maximum Gasteiger partial charge on any atom is 0.354 e. The molecule has 1 N–H and O–H groups in total. The fourth-order valence-electron chi connectivity index (χ4n) is 1.38. The molecule has 16 heavy (non-hydrogen) atoms. The van der Waals surface area contributed by atoms with E-state index in [-0.39, 0.29) is 12.2 Å². The lowest BCUT2D eigenvalue weighted by atomic mass is 10.1. The second kappa shape index (κ2) is 4.99. The van der Waals surface area contributed by atoms with Gasteiger partial charge in [-0.05, 0) is 12.5 Å². The predicted octanol–water partition coefficient (Wildman–Crippen LogP) is 1.75. The van der Waals surface area contributed by atoms with Crippen molar-refractivity contribution in [3.05, 3.63) is 33.5 Å². The molecule has 0 spiro atoms. The summed E-state index contributed by atoms with van der Waals surface area (Å²) in [5, 5.41) is 16.3. The van der Waals surface area contributed by atoms with E-state index in [2.05, 4.69) is 15.1 Å². The first kappa shape index (κ1) is 11.8. The highest BCUT2D eigenvalue weighted by molar-refractivity contribution is 5.90. The van der Waals surface area contributed by atoms with Gasteiger partial charge in [-0.25, -0.2) is 4.79 Å². The molecule has 0 bridgehead atoms. The third-order valence-corrected chi connectivity index (χ3v) is 2.01. The summed E-state index contributed by atoms with van der Waals surface area (Å²) in [6.07, 6.45) is 3.19. The number of nitrogens with zero attached hydrogens (tertiary/aromatic N) is 5. The molecular weight excluding hydrogens is 210 g/mol. The van der Waals surface area contributed by atoms with Crippen molar-refractivity contribution < 1.29 is 9.90 Å². The van der Waals surface area contributed by atoms with Crippen LogP contribution in [0.3, 0.4) is 0 Å². The van der Waals surface area contributed by atoms with Gasteiger partial charge in [0, 0.05) is 24.1 Å². The van der Waals surface area contributed by atoms with Gasteiger partial charge in [0.15, 0.2) is 5.69 Å². The topological polar surface area (TPSA) is 104 Å². The zero-order valence-electron chi connectivity index (χ0n) is 8.95. The molecule has 84 valence electrons. The van der Waals surface area contributed by atoms with Crippen LogP contribution in [0.4, 0.5) is 0 Å². The number of azide groups is 1. The van der Waals surface area contributed by atoms with Crippen LogP contribution >= 0.6 is 0 Å². The molecule has 0 aliphatic carbocycles. The average molecular weight is 221 g/mol. The normalized spacial score (nSPS) is 10.4. The molecule has 0 aliphatic heterocycles. The van der Waals surface area contributed by atoms with Crippen molar-refractivity contribution in [2.45, 2.75) is 6.92 Å². The number of aromatic nitrogens is 2. The number of carboxylic acids is 1. The first-order valence-corrected chi connectivity index (χ1v) is 4.52. The molecule has 7 heteroatoms. The Morgan fingerprint density at radius 1 is 1.75 bits per heavy atom. The van der Waals surface area contributed by atoms with Crippen molar-refractivity contribution >= 4 is 12.0 Å². The lowest BCUT2D eigenvalue weighted by Gasteiger charge is -1.96. The zero-order chi connectivity index (χ0) is 12.1. The van der Waals surface area contributed by atoms with Crippen molar-refractivity contribution in [2.24, 2.45) is 12.2 Å². The molecule has 0 saturated heterocycles. The Morgan fingerprint density at radius 3 is 3.00 bits per heavy atom. The monoisotopic (exact) mass is 221 g/mol. The van der Waals surface area contributed by atoms with Gasteiger partial charge in [-0.3, -0.25) is 4.68 Å². The van der Waals surface area contributed by atoms with Gasteiger partial charge in [0.25, 0.3) is 0 Å². The maximum atomic E-state index is 11.0. The zero-order valence-corrected chi connectivity index (χ0v) is 8.95. The van der Waals surface area contributed by atoms with E-state index in [0.717, 1.165) is 0 Å². The molecule has 0 radical (unpaired) electrons. The van der Waals surface area contributed by atoms with Crippen LogP contribution in [0.1, 0.15) is 21.7 Å². The number of aromatic carboxylic acids is 1. The van der Waals surface area contributed by atoms with Crippen LogP contribution in [0.5, 0.6) is 0 Å². The van der Waals surface area contributed by atoms with Gasteiger partial charge in [-0.15, -0.1) is 0 Å². The smallest absolute Gasteiger partial charge is 0.354 e. The van der Waals surface area contributed by atoms with Gasteiger partial charge in [-0.1, -0.05) is 17.3 Å². The predicted molar refractivity (Wildman–Crippen MR) is 58.0 cm³/mol. The summed E-state index contributed by atoms with van der Waals surface area (Å²) in [6.45, 7) is 1.91. The standard InChI is InChI=1S/C9H11N5O2/c1-6-7(4-3-5-11-13-10)8(9(15)16)14(2)12-6/h3-4H,5H2,1-2H3,(H,15,16). The van der Waals surface area contributed by atoms with Gasteiger partial charge < -0.3 is 5.11 Å². The molecule has 0 amide bonds. The molecule has 0 atom stereocenters. The van der Waals surface area contributed by atoms with Crippen LogP contribution in [0.25, 0.3) is 16.5 Å². The van der Waals surface area contributed by atoms with E-state index in [1.54, 1.807) is 26.1 Å². The van der Waals surface area contributed by atoms with Gasteiger partial charge in [-0.2, -0.15) is 5.10 Å². The molecule has 1 rings (SSSR count). The Hall–Kier alpha value is -2.27. The highest BCUT2D eigenvalue weighted by Crippen LogP contribution is 2.14. The Balaban J connectivity index is 3.07. The lowest BCUT2D eigenvalue weighted by Crippen LogP contribution is -2.06. The SMILES string of the molecule is Cc1nn(C)c(C(=O)O)c1C=CCN=[N+]=[N-]. The molecule has 0 aliphatic rings. The van der Waals surface area contributed by atoms with Crippen LogP contribution in [0.15, 0.2) is 11.2 Å². The third kappa shape index (κ3) is 2.40. The summed E-state index contributed by atoms with van der Waals surface area (Å²) in [7, 11) is 1.57. The van der Waals surface area contributed by atoms with E-state index in [9.17, 15) is 4.79 Å². The second-order valence-electron chi connectivity index (χ2n) is 3.09. The second-order valence-corrected chi connectivity index (χ2v) is 3.09. The summed E-state index contributed by atoms with van der Waals surface area (Å²) in [6, 6.07) is 0. The molecule has 1 heterocycles. The number of aryl methyl sites for hydroxylation is 2. The van der Waals surface area contributed by atoms with Gasteiger partial charge in [0.1, 0.15) is 0 Å². The average Bonchev–Trinajstić information content (AvgIpc) is 2.48. The fourth-order valence-corrected chi connectivity index (χ4v) is 1.38. The maximum absolute atomic E-state index is 11.0. The molecule has 1 aromatic rings. The molecule has 0 saturated carbocycles. The van der Waals surface area contributed by atoms with Crippen molar-refractivity contribution in [3.8, 4) is 0 Å². The van der Waals surface area contributed by atoms with E-state index in [0.29, 0.717) is 11.3 Å². The number of rotatable bonds is 4. The Kier molecular flexibility index (Phi) is 3.68. The van der Waals surface area contributed by atoms with Crippen LogP contribution in [-0.2, 0) is 7.05 Å². The fraction of sp³-hybridized carbons (Fsp3) is 0.333. The largest absolute Gasteiger partial charge is 0.477 e. The molecule has 1 aromatic heterocycles. The quantitative estimate of drug-likeness (QED) is 0.475. The Bertz CT molecular complexity index is 482. The van der Waals surface area contributed by atoms with Crippen molar-refractivity contribution in [1.29, 1.82) is 0 Å². The lowest BCUT2D eigenvalue weighted by molar-refractivity contribution is 0.0685. The van der Waals surface area contributed by atoms with E-state index in [1.807, 2.05) is 0 Å². The number of hydrogen-bond acceptors (Lipinski definition) is 3. The summed E-state index contributed by atoms with van der Waals surface area (Å²) >= 11 is 0. The number of carbonyl (C=O) groups is 1. The highest BCUT2D eigenvalue weighted by Gasteiger charge is 2.16. The van der Waals surface area contributed by atoms with Gasteiger partial charge in [0.05, 0.1) is 5.69 Å². The molecule has 0 fully saturated rings. The number of carboxylic acid groups (broad SMARTS) is 1. The molecular formula is C9H11N5O2. The molecule has 0 aromatic carbocycles. The van der Waals surface area contributed by atoms with Gasteiger partial charge in [0.2, 0.25) is 0 Å².